The summed E-state index contributed by atoms with van der Waals surface area (Å²) in [5.41, 5.74) is 3.50. The number of furan rings is 1. The molecule has 0 amide bonds. The molecule has 1 heteroatoms. The molecule has 0 bridgehead atoms. The summed E-state index contributed by atoms with van der Waals surface area (Å²) in [5.74, 6) is 0. The van der Waals surface area contributed by atoms with Gasteiger partial charge in [0, 0.05) is 5.56 Å². The van der Waals surface area contributed by atoms with E-state index in [0.717, 1.165) is 5.56 Å². The smallest absolute Gasteiger partial charge is 0.0983 e. The lowest BCUT2D eigenvalue weighted by Gasteiger charge is -1.96. The van der Waals surface area contributed by atoms with E-state index < -0.39 is 0 Å². The van der Waals surface area contributed by atoms with E-state index in [4.69, 9.17) is 4.42 Å². The van der Waals surface area contributed by atoms with Gasteiger partial charge in [0.05, 0.1) is 12.5 Å². The molecule has 0 unspecified atom stereocenters. The van der Waals surface area contributed by atoms with Crippen LogP contribution in [-0.2, 0) is 0 Å². The van der Waals surface area contributed by atoms with Crippen molar-refractivity contribution in [1.29, 1.82) is 0 Å². The predicted octanol–water partition coefficient (Wildman–Crippen LogP) is 3.06. The van der Waals surface area contributed by atoms with E-state index in [-0.39, 0.29) is 0 Å². The van der Waals surface area contributed by atoms with Crippen LogP contribution in [0, 0.1) is 13.0 Å². The molecule has 0 N–H and O–H groups in total. The second kappa shape index (κ2) is 2.86. The lowest BCUT2D eigenvalue weighted by Crippen LogP contribution is -1.74. The minimum atomic E-state index is 1.16. The lowest BCUT2D eigenvalue weighted by molar-refractivity contribution is 0.566. The van der Waals surface area contributed by atoms with Crippen LogP contribution < -0.4 is 0 Å². The van der Waals surface area contributed by atoms with Gasteiger partial charge < -0.3 is 4.42 Å². The van der Waals surface area contributed by atoms with Gasteiger partial charge in [-0.25, -0.2) is 0 Å². The number of benzene rings is 1. The molecule has 1 aromatic heterocycles. The molecule has 0 aliphatic heterocycles. The Balaban J connectivity index is 2.51. The van der Waals surface area contributed by atoms with Gasteiger partial charge in [-0.15, -0.1) is 0 Å². The van der Waals surface area contributed by atoms with Crippen LogP contribution >= 0.6 is 0 Å². The molecule has 0 saturated heterocycles. The van der Waals surface area contributed by atoms with Gasteiger partial charge in [0.15, 0.2) is 0 Å². The first-order valence-corrected chi connectivity index (χ1v) is 3.87. The maximum absolute atomic E-state index is 5.09. The second-order valence-electron chi connectivity index (χ2n) is 2.76. The van der Waals surface area contributed by atoms with Crippen molar-refractivity contribution < 1.29 is 4.42 Å². The van der Waals surface area contributed by atoms with Gasteiger partial charge in [0.1, 0.15) is 0 Å². The molecule has 2 rings (SSSR count). The monoisotopic (exact) mass is 157 g/mol. The van der Waals surface area contributed by atoms with Crippen LogP contribution in [0.3, 0.4) is 0 Å². The number of hydrogen-bond acceptors (Lipinski definition) is 1. The standard InChI is InChI=1S/C11H9O/c1-9-7-12-8-11(9)10-5-3-2-4-6-10/h3-8H,1H3. The molecule has 2 aromatic rings. The summed E-state index contributed by atoms with van der Waals surface area (Å²) in [6.45, 7) is 2.04. The van der Waals surface area contributed by atoms with Gasteiger partial charge in [0.25, 0.3) is 0 Å². The average Bonchev–Trinajstić information content (AvgIpc) is 2.53. The van der Waals surface area contributed by atoms with E-state index in [1.165, 1.54) is 11.1 Å². The van der Waals surface area contributed by atoms with E-state index in [2.05, 4.69) is 6.07 Å². The summed E-state index contributed by atoms with van der Waals surface area (Å²) in [5, 5.41) is 0. The normalized spacial score (nSPS) is 10.1. The molecule has 0 fully saturated rings. The third kappa shape index (κ3) is 1.14. The minimum Gasteiger partial charge on any atom is -0.472 e. The number of aryl methyl sites for hydroxylation is 1. The van der Waals surface area contributed by atoms with E-state index in [0.29, 0.717) is 0 Å². The fourth-order valence-electron chi connectivity index (χ4n) is 1.22. The van der Waals surface area contributed by atoms with Crippen LogP contribution in [0.5, 0.6) is 0 Å². The Bertz CT molecular complexity index is 360. The molecule has 12 heavy (non-hydrogen) atoms. The van der Waals surface area contributed by atoms with Crippen molar-refractivity contribution in [3.05, 3.63) is 48.4 Å². The Labute approximate surface area is 71.6 Å². The topological polar surface area (TPSA) is 13.1 Å². The summed E-state index contributed by atoms with van der Waals surface area (Å²) in [6, 6.07) is 10.8. The molecule has 1 radical (unpaired) electrons. The van der Waals surface area contributed by atoms with E-state index in [1.807, 2.05) is 31.2 Å². The third-order valence-corrected chi connectivity index (χ3v) is 1.88. The summed E-state index contributed by atoms with van der Waals surface area (Å²) in [6.07, 6.45) is 3.52. The second-order valence-corrected chi connectivity index (χ2v) is 2.76. The highest BCUT2D eigenvalue weighted by Gasteiger charge is 2.01. The van der Waals surface area contributed by atoms with Crippen molar-refractivity contribution >= 4 is 0 Å². The molecule has 1 nitrogen and oxygen atoms in total. The zero-order valence-corrected chi connectivity index (χ0v) is 6.87. The highest BCUT2D eigenvalue weighted by atomic mass is 16.3. The first-order valence-electron chi connectivity index (χ1n) is 3.87. The Hall–Kier alpha value is -1.50. The highest BCUT2D eigenvalue weighted by Crippen LogP contribution is 2.23. The predicted molar refractivity (Wildman–Crippen MR) is 47.7 cm³/mol. The van der Waals surface area contributed by atoms with Gasteiger partial charge in [-0.1, -0.05) is 24.3 Å². The number of rotatable bonds is 1. The van der Waals surface area contributed by atoms with Gasteiger partial charge >= 0.3 is 0 Å². The highest BCUT2D eigenvalue weighted by molar-refractivity contribution is 5.65. The van der Waals surface area contributed by atoms with Crippen LogP contribution in [0.25, 0.3) is 11.1 Å². The van der Waals surface area contributed by atoms with E-state index >= 15 is 0 Å². The Kier molecular flexibility index (Phi) is 1.71. The maximum Gasteiger partial charge on any atom is 0.0983 e. The van der Waals surface area contributed by atoms with E-state index in [1.54, 1.807) is 12.5 Å². The van der Waals surface area contributed by atoms with Crippen molar-refractivity contribution in [2.24, 2.45) is 0 Å². The van der Waals surface area contributed by atoms with Crippen molar-refractivity contribution in [3.8, 4) is 11.1 Å². The van der Waals surface area contributed by atoms with Crippen LogP contribution in [-0.4, -0.2) is 0 Å². The molecule has 1 aromatic carbocycles. The van der Waals surface area contributed by atoms with Crippen molar-refractivity contribution in [2.75, 3.05) is 0 Å². The number of hydrogen-bond donors (Lipinski definition) is 0. The van der Waals surface area contributed by atoms with Crippen molar-refractivity contribution in [3.63, 3.8) is 0 Å². The quantitative estimate of drug-likeness (QED) is 0.620. The fraction of sp³-hybridized carbons (Fsp3) is 0.0909. The molecule has 0 spiro atoms. The molecule has 0 aliphatic carbocycles. The molecule has 59 valence electrons. The van der Waals surface area contributed by atoms with E-state index in [9.17, 15) is 0 Å². The maximum atomic E-state index is 5.09. The molecule has 0 atom stereocenters. The third-order valence-electron chi connectivity index (χ3n) is 1.88. The minimum absolute atomic E-state index is 1.16. The Morgan fingerprint density at radius 2 is 1.92 bits per heavy atom. The molecule has 1 heterocycles. The van der Waals surface area contributed by atoms with Gasteiger partial charge in [-0.3, -0.25) is 0 Å². The van der Waals surface area contributed by atoms with Crippen LogP contribution in [0.4, 0.5) is 0 Å². The first-order chi connectivity index (χ1) is 5.88. The molecular formula is C11H9O. The average molecular weight is 157 g/mol. The zero-order valence-electron chi connectivity index (χ0n) is 6.87. The Morgan fingerprint density at radius 3 is 2.50 bits per heavy atom. The summed E-state index contributed by atoms with van der Waals surface area (Å²) in [4.78, 5) is 0. The van der Waals surface area contributed by atoms with Crippen molar-refractivity contribution in [1.82, 2.24) is 0 Å². The van der Waals surface area contributed by atoms with Gasteiger partial charge in [-0.05, 0) is 24.1 Å². The van der Waals surface area contributed by atoms with Gasteiger partial charge in [0.2, 0.25) is 0 Å². The molecular weight excluding hydrogens is 148 g/mol. The first kappa shape index (κ1) is 7.17. The largest absolute Gasteiger partial charge is 0.472 e. The zero-order chi connectivity index (χ0) is 8.39. The van der Waals surface area contributed by atoms with Crippen LogP contribution in [0.1, 0.15) is 5.56 Å². The van der Waals surface area contributed by atoms with Crippen LogP contribution in [0.2, 0.25) is 0 Å². The SMILES string of the molecule is Cc1cocc1-c1cc[c]cc1. The summed E-state index contributed by atoms with van der Waals surface area (Å²) < 4.78 is 5.09. The Morgan fingerprint density at radius 1 is 1.17 bits per heavy atom. The van der Waals surface area contributed by atoms with Crippen molar-refractivity contribution in [2.45, 2.75) is 6.92 Å². The fourth-order valence-corrected chi connectivity index (χ4v) is 1.22. The van der Waals surface area contributed by atoms with Gasteiger partial charge in [-0.2, -0.15) is 0 Å². The lowest BCUT2D eigenvalue weighted by atomic mass is 10.1. The van der Waals surface area contributed by atoms with Crippen LogP contribution in [0.15, 0.2) is 41.2 Å². The summed E-state index contributed by atoms with van der Waals surface area (Å²) in [7, 11) is 0. The summed E-state index contributed by atoms with van der Waals surface area (Å²) >= 11 is 0. The molecule has 0 saturated carbocycles. The molecule has 0 aliphatic rings.